The molecule has 2 nitrogen and oxygen atoms in total. The fraction of sp³-hybridized carbons (Fsp3) is 0.188. The molecule has 2 aromatic rings. The van der Waals surface area contributed by atoms with E-state index in [1.54, 1.807) is 6.92 Å². The summed E-state index contributed by atoms with van der Waals surface area (Å²) in [5.74, 6) is -0.422. The first kappa shape index (κ1) is 14.4. The predicted octanol–water partition coefficient (Wildman–Crippen LogP) is 4.64. The summed E-state index contributed by atoms with van der Waals surface area (Å²) in [6.07, 6.45) is 0. The van der Waals surface area contributed by atoms with Crippen molar-refractivity contribution in [3.8, 4) is 6.07 Å². The van der Waals surface area contributed by atoms with E-state index in [1.807, 2.05) is 31.2 Å². The summed E-state index contributed by atoms with van der Waals surface area (Å²) >= 11 is 6.06. The summed E-state index contributed by atoms with van der Waals surface area (Å²) < 4.78 is 13.1. The van der Waals surface area contributed by atoms with Gasteiger partial charge in [-0.3, -0.25) is 0 Å². The smallest absolute Gasteiger partial charge is 0.149 e. The molecular weight excluding hydrogens is 275 g/mol. The van der Waals surface area contributed by atoms with Gasteiger partial charge in [0.2, 0.25) is 0 Å². The van der Waals surface area contributed by atoms with Crippen LogP contribution in [0.2, 0.25) is 5.02 Å². The molecule has 0 spiro atoms. The fourth-order valence-electron chi connectivity index (χ4n) is 2.06. The van der Waals surface area contributed by atoms with E-state index >= 15 is 0 Å². The van der Waals surface area contributed by atoms with E-state index in [0.29, 0.717) is 5.56 Å². The Morgan fingerprint density at radius 3 is 2.60 bits per heavy atom. The topological polar surface area (TPSA) is 35.8 Å². The number of rotatable bonds is 3. The summed E-state index contributed by atoms with van der Waals surface area (Å²) in [5, 5.41) is 12.9. The van der Waals surface area contributed by atoms with Gasteiger partial charge >= 0.3 is 0 Å². The molecule has 1 atom stereocenters. The van der Waals surface area contributed by atoms with Crippen molar-refractivity contribution in [2.75, 3.05) is 5.32 Å². The van der Waals surface area contributed by atoms with Crippen LogP contribution in [0.1, 0.15) is 18.1 Å². The van der Waals surface area contributed by atoms with Gasteiger partial charge < -0.3 is 5.32 Å². The van der Waals surface area contributed by atoms with E-state index in [4.69, 9.17) is 11.6 Å². The van der Waals surface area contributed by atoms with Gasteiger partial charge in [0, 0.05) is 11.3 Å². The van der Waals surface area contributed by atoms with Crippen molar-refractivity contribution in [3.63, 3.8) is 0 Å². The third-order valence-electron chi connectivity index (χ3n) is 3.11. The molecule has 20 heavy (non-hydrogen) atoms. The highest BCUT2D eigenvalue weighted by atomic mass is 35.5. The van der Waals surface area contributed by atoms with Crippen molar-refractivity contribution in [3.05, 3.63) is 64.4 Å². The number of nitriles is 1. The van der Waals surface area contributed by atoms with Crippen LogP contribution in [0.4, 0.5) is 10.1 Å². The number of hydrogen-bond acceptors (Lipinski definition) is 2. The molecule has 0 fully saturated rings. The summed E-state index contributed by atoms with van der Waals surface area (Å²) in [6, 6.07) is 13.9. The predicted molar refractivity (Wildman–Crippen MR) is 79.2 cm³/mol. The molecule has 0 aliphatic carbocycles. The molecule has 4 heteroatoms. The number of nitrogens with one attached hydrogen (secondary N) is 1. The Balaban J connectivity index is 2.41. The normalized spacial score (nSPS) is 13.3. The largest absolute Gasteiger partial charge is 0.364 e. The lowest BCUT2D eigenvalue weighted by atomic mass is 9.93. The van der Waals surface area contributed by atoms with Crippen LogP contribution in [0.5, 0.6) is 0 Å². The van der Waals surface area contributed by atoms with Crippen molar-refractivity contribution < 1.29 is 4.39 Å². The average molecular weight is 289 g/mol. The Hall–Kier alpha value is -2.05. The summed E-state index contributed by atoms with van der Waals surface area (Å²) in [5.41, 5.74) is 1.41. The van der Waals surface area contributed by atoms with E-state index in [9.17, 15) is 9.65 Å². The zero-order valence-electron chi connectivity index (χ0n) is 11.2. The maximum atomic E-state index is 13.1. The Morgan fingerprint density at radius 2 is 2.00 bits per heavy atom. The first-order valence-electron chi connectivity index (χ1n) is 6.16. The van der Waals surface area contributed by atoms with E-state index in [1.165, 1.54) is 18.2 Å². The number of aryl methyl sites for hydroxylation is 1. The van der Waals surface area contributed by atoms with Gasteiger partial charge in [-0.25, -0.2) is 4.39 Å². The molecule has 2 rings (SSSR count). The molecular formula is C16H14ClFN2. The van der Waals surface area contributed by atoms with Crippen LogP contribution >= 0.6 is 11.6 Å². The third-order valence-corrected chi connectivity index (χ3v) is 3.42. The lowest BCUT2D eigenvalue weighted by molar-refractivity contribution is 0.623. The highest BCUT2D eigenvalue weighted by Crippen LogP contribution is 2.31. The number of anilines is 1. The molecule has 0 saturated carbocycles. The zero-order valence-corrected chi connectivity index (χ0v) is 12.0. The van der Waals surface area contributed by atoms with Gasteiger partial charge in [0.05, 0.1) is 11.1 Å². The molecule has 0 saturated heterocycles. The zero-order chi connectivity index (χ0) is 14.8. The second kappa shape index (κ2) is 5.52. The molecule has 1 N–H and O–H groups in total. The standard InChI is InChI=1S/C16H14ClFN2/c1-11-4-3-5-13(8-11)20-16(2,10-19)14-7-6-12(18)9-15(14)17/h3-9,20H,1-2H3. The Bertz CT molecular complexity index is 678. The number of nitrogens with zero attached hydrogens (tertiary/aromatic N) is 1. The van der Waals surface area contributed by atoms with Crippen molar-refractivity contribution in [2.24, 2.45) is 0 Å². The Labute approximate surface area is 122 Å². The van der Waals surface area contributed by atoms with Gasteiger partial charge in [-0.2, -0.15) is 5.26 Å². The molecule has 0 aliphatic rings. The Kier molecular flexibility index (Phi) is 3.96. The molecule has 0 radical (unpaired) electrons. The second-order valence-electron chi connectivity index (χ2n) is 4.86. The molecule has 0 aliphatic heterocycles. The van der Waals surface area contributed by atoms with Gasteiger partial charge in [0.25, 0.3) is 0 Å². The van der Waals surface area contributed by atoms with E-state index < -0.39 is 11.4 Å². The molecule has 0 bridgehead atoms. The van der Waals surface area contributed by atoms with Crippen LogP contribution in [-0.4, -0.2) is 0 Å². The molecule has 102 valence electrons. The number of hydrogen-bond donors (Lipinski definition) is 1. The molecule has 2 aromatic carbocycles. The van der Waals surface area contributed by atoms with Gasteiger partial charge in [-0.15, -0.1) is 0 Å². The van der Waals surface area contributed by atoms with Gasteiger partial charge in [-0.05, 0) is 43.7 Å². The monoisotopic (exact) mass is 288 g/mol. The van der Waals surface area contributed by atoms with Crippen LogP contribution in [0.15, 0.2) is 42.5 Å². The van der Waals surface area contributed by atoms with Gasteiger partial charge in [0.15, 0.2) is 0 Å². The SMILES string of the molecule is Cc1cccc(NC(C)(C#N)c2ccc(F)cc2Cl)c1. The van der Waals surface area contributed by atoms with Crippen molar-refractivity contribution in [2.45, 2.75) is 19.4 Å². The minimum absolute atomic E-state index is 0.231. The molecule has 0 amide bonds. The Morgan fingerprint density at radius 1 is 1.25 bits per heavy atom. The van der Waals surface area contributed by atoms with Gasteiger partial charge in [-0.1, -0.05) is 29.8 Å². The maximum absolute atomic E-state index is 13.1. The lowest BCUT2D eigenvalue weighted by Gasteiger charge is -2.26. The van der Waals surface area contributed by atoms with Gasteiger partial charge in [0.1, 0.15) is 11.4 Å². The van der Waals surface area contributed by atoms with Crippen LogP contribution in [0.25, 0.3) is 0 Å². The minimum atomic E-state index is -1.03. The fourth-order valence-corrected chi connectivity index (χ4v) is 2.42. The molecule has 0 aromatic heterocycles. The first-order valence-corrected chi connectivity index (χ1v) is 6.54. The van der Waals surface area contributed by atoms with Crippen LogP contribution in [0, 0.1) is 24.1 Å². The van der Waals surface area contributed by atoms with Crippen LogP contribution in [0.3, 0.4) is 0 Å². The number of halogens is 2. The lowest BCUT2D eigenvalue weighted by Crippen LogP contribution is -2.30. The van der Waals surface area contributed by atoms with E-state index in [-0.39, 0.29) is 5.02 Å². The van der Waals surface area contributed by atoms with Crippen molar-refractivity contribution in [1.82, 2.24) is 0 Å². The number of benzene rings is 2. The van der Waals surface area contributed by atoms with E-state index in [2.05, 4.69) is 11.4 Å². The highest BCUT2D eigenvalue weighted by Gasteiger charge is 2.28. The highest BCUT2D eigenvalue weighted by molar-refractivity contribution is 6.31. The second-order valence-corrected chi connectivity index (χ2v) is 5.26. The van der Waals surface area contributed by atoms with E-state index in [0.717, 1.165) is 11.3 Å². The molecule has 1 unspecified atom stereocenters. The van der Waals surface area contributed by atoms with Crippen LogP contribution < -0.4 is 5.32 Å². The summed E-state index contributed by atoms with van der Waals surface area (Å²) in [4.78, 5) is 0. The van der Waals surface area contributed by atoms with Crippen molar-refractivity contribution >= 4 is 17.3 Å². The van der Waals surface area contributed by atoms with Crippen LogP contribution in [-0.2, 0) is 5.54 Å². The maximum Gasteiger partial charge on any atom is 0.149 e. The molecule has 0 heterocycles. The van der Waals surface area contributed by atoms with Crippen molar-refractivity contribution in [1.29, 1.82) is 5.26 Å². The summed E-state index contributed by atoms with van der Waals surface area (Å²) in [6.45, 7) is 3.69. The first-order chi connectivity index (χ1) is 9.44. The summed E-state index contributed by atoms with van der Waals surface area (Å²) in [7, 11) is 0. The quantitative estimate of drug-likeness (QED) is 0.893. The third kappa shape index (κ3) is 2.92. The average Bonchev–Trinajstić information content (AvgIpc) is 2.38. The minimum Gasteiger partial charge on any atom is -0.364 e.